The minimum absolute atomic E-state index is 0.663. The largest absolute Gasteiger partial charge is 0.329 e. The highest BCUT2D eigenvalue weighted by molar-refractivity contribution is 7.99. The minimum atomic E-state index is 0.663. The maximum Gasteiger partial charge on any atom is 0.0247 e. The van der Waals surface area contributed by atoms with Gasteiger partial charge in [0, 0.05) is 36.7 Å². The summed E-state index contributed by atoms with van der Waals surface area (Å²) in [6, 6.07) is 0.663. The molecule has 1 aliphatic heterocycles. The number of nitrogens with zero attached hydrogens (tertiary/aromatic N) is 1. The second-order valence-electron chi connectivity index (χ2n) is 5.73. The van der Waals surface area contributed by atoms with Crippen molar-refractivity contribution in [2.75, 3.05) is 25.4 Å². The Morgan fingerprint density at radius 2 is 1.94 bits per heavy atom. The van der Waals surface area contributed by atoms with Crippen molar-refractivity contribution in [3.63, 3.8) is 0 Å². The molecule has 0 bridgehead atoms. The third-order valence-corrected chi connectivity index (χ3v) is 5.56. The van der Waals surface area contributed by atoms with Crippen LogP contribution in [0.2, 0.25) is 0 Å². The zero-order valence-corrected chi connectivity index (χ0v) is 12.1. The van der Waals surface area contributed by atoms with Crippen LogP contribution in [0.5, 0.6) is 0 Å². The fourth-order valence-electron chi connectivity index (χ4n) is 3.48. The highest BCUT2D eigenvalue weighted by Crippen LogP contribution is 2.30. The number of rotatable bonds is 3. The van der Waals surface area contributed by atoms with E-state index in [-0.39, 0.29) is 0 Å². The lowest BCUT2D eigenvalue weighted by molar-refractivity contribution is 0.141. The van der Waals surface area contributed by atoms with Gasteiger partial charge in [-0.25, -0.2) is 0 Å². The SMILES string of the molecule is CC1CN(C(CN)C2CCCCCC2)CCS1. The van der Waals surface area contributed by atoms with Gasteiger partial charge in [-0.2, -0.15) is 11.8 Å². The number of hydrogen-bond acceptors (Lipinski definition) is 3. The Bertz CT molecular complexity index is 212. The molecule has 0 aromatic rings. The topological polar surface area (TPSA) is 29.3 Å². The van der Waals surface area contributed by atoms with Gasteiger partial charge in [0.15, 0.2) is 0 Å². The Labute approximate surface area is 111 Å². The van der Waals surface area contributed by atoms with E-state index in [0.717, 1.165) is 17.7 Å². The van der Waals surface area contributed by atoms with Crippen LogP contribution in [0, 0.1) is 5.92 Å². The van der Waals surface area contributed by atoms with Crippen LogP contribution < -0.4 is 5.73 Å². The van der Waals surface area contributed by atoms with E-state index in [1.54, 1.807) is 0 Å². The van der Waals surface area contributed by atoms with Crippen LogP contribution >= 0.6 is 11.8 Å². The van der Waals surface area contributed by atoms with Crippen molar-refractivity contribution in [2.45, 2.75) is 56.7 Å². The molecule has 0 aromatic heterocycles. The standard InChI is InChI=1S/C14H28N2S/c1-12-11-16(8-9-17-12)14(10-15)13-6-4-2-3-5-7-13/h12-14H,2-11,15H2,1H3. The summed E-state index contributed by atoms with van der Waals surface area (Å²) in [5.41, 5.74) is 6.08. The average Bonchev–Trinajstić information content (AvgIpc) is 2.59. The lowest BCUT2D eigenvalue weighted by Gasteiger charge is -2.40. The molecule has 2 fully saturated rings. The summed E-state index contributed by atoms with van der Waals surface area (Å²) in [5, 5.41) is 0.795. The Hall–Kier alpha value is 0.270. The van der Waals surface area contributed by atoms with Gasteiger partial charge < -0.3 is 5.73 Å². The Kier molecular flexibility index (Phi) is 5.64. The Morgan fingerprint density at radius 3 is 2.53 bits per heavy atom. The summed E-state index contributed by atoms with van der Waals surface area (Å²) >= 11 is 2.12. The van der Waals surface area contributed by atoms with Gasteiger partial charge in [0.1, 0.15) is 0 Å². The van der Waals surface area contributed by atoms with Crippen LogP contribution in [-0.2, 0) is 0 Å². The monoisotopic (exact) mass is 256 g/mol. The summed E-state index contributed by atoms with van der Waals surface area (Å²) < 4.78 is 0. The number of hydrogen-bond donors (Lipinski definition) is 1. The van der Waals surface area contributed by atoms with Gasteiger partial charge in [0.05, 0.1) is 0 Å². The van der Waals surface area contributed by atoms with Gasteiger partial charge in [-0.3, -0.25) is 4.90 Å². The fourth-order valence-corrected chi connectivity index (χ4v) is 4.52. The van der Waals surface area contributed by atoms with Crippen molar-refractivity contribution in [2.24, 2.45) is 11.7 Å². The second-order valence-corrected chi connectivity index (χ2v) is 7.28. The van der Waals surface area contributed by atoms with Gasteiger partial charge in [-0.05, 0) is 18.8 Å². The minimum Gasteiger partial charge on any atom is -0.329 e. The lowest BCUT2D eigenvalue weighted by Crippen LogP contribution is -2.50. The molecule has 3 heteroatoms. The van der Waals surface area contributed by atoms with Gasteiger partial charge in [-0.1, -0.05) is 32.6 Å². The molecule has 17 heavy (non-hydrogen) atoms. The van der Waals surface area contributed by atoms with E-state index < -0.39 is 0 Å². The summed E-state index contributed by atoms with van der Waals surface area (Å²) in [4.78, 5) is 2.69. The van der Waals surface area contributed by atoms with Gasteiger partial charge in [0.25, 0.3) is 0 Å². The molecular formula is C14H28N2S. The van der Waals surface area contributed by atoms with E-state index in [4.69, 9.17) is 5.73 Å². The van der Waals surface area contributed by atoms with Gasteiger partial charge >= 0.3 is 0 Å². The predicted octanol–water partition coefficient (Wildman–Crippen LogP) is 2.72. The fraction of sp³-hybridized carbons (Fsp3) is 1.00. The van der Waals surface area contributed by atoms with Crippen LogP contribution in [0.15, 0.2) is 0 Å². The van der Waals surface area contributed by atoms with Crippen molar-refractivity contribution in [3.05, 3.63) is 0 Å². The quantitative estimate of drug-likeness (QED) is 0.787. The summed E-state index contributed by atoms with van der Waals surface area (Å²) in [5.74, 6) is 2.17. The molecule has 1 aliphatic carbocycles. The lowest BCUT2D eigenvalue weighted by atomic mass is 9.90. The molecule has 1 heterocycles. The first-order chi connectivity index (χ1) is 8.31. The molecule has 2 N–H and O–H groups in total. The summed E-state index contributed by atoms with van der Waals surface area (Å²) in [6.07, 6.45) is 8.58. The van der Waals surface area contributed by atoms with E-state index in [2.05, 4.69) is 23.6 Å². The van der Waals surface area contributed by atoms with E-state index in [9.17, 15) is 0 Å². The number of thioether (sulfide) groups is 1. The zero-order chi connectivity index (χ0) is 12.1. The first kappa shape index (κ1) is 13.7. The Balaban J connectivity index is 1.93. The molecule has 2 unspecified atom stereocenters. The van der Waals surface area contributed by atoms with Crippen LogP contribution in [0.4, 0.5) is 0 Å². The average molecular weight is 256 g/mol. The molecule has 0 amide bonds. The van der Waals surface area contributed by atoms with Crippen molar-refractivity contribution in [1.29, 1.82) is 0 Å². The molecule has 0 aromatic carbocycles. The van der Waals surface area contributed by atoms with E-state index in [1.165, 1.54) is 57.4 Å². The number of nitrogens with two attached hydrogens (primary N) is 1. The molecule has 1 saturated carbocycles. The third kappa shape index (κ3) is 3.87. The molecule has 2 rings (SSSR count). The van der Waals surface area contributed by atoms with E-state index >= 15 is 0 Å². The van der Waals surface area contributed by atoms with Gasteiger partial charge in [-0.15, -0.1) is 0 Å². The normalized spacial score (nSPS) is 31.1. The smallest absolute Gasteiger partial charge is 0.0247 e. The molecule has 0 radical (unpaired) electrons. The summed E-state index contributed by atoms with van der Waals surface area (Å²) in [6.45, 7) is 5.73. The van der Waals surface area contributed by atoms with Crippen molar-refractivity contribution >= 4 is 11.8 Å². The van der Waals surface area contributed by atoms with Gasteiger partial charge in [0.2, 0.25) is 0 Å². The molecule has 2 atom stereocenters. The molecule has 1 saturated heterocycles. The van der Waals surface area contributed by atoms with E-state index in [1.807, 2.05) is 0 Å². The molecule has 2 aliphatic rings. The zero-order valence-electron chi connectivity index (χ0n) is 11.2. The highest BCUT2D eigenvalue weighted by atomic mass is 32.2. The molecule has 2 nitrogen and oxygen atoms in total. The maximum atomic E-state index is 6.08. The molecular weight excluding hydrogens is 228 g/mol. The van der Waals surface area contributed by atoms with Crippen LogP contribution in [0.25, 0.3) is 0 Å². The van der Waals surface area contributed by atoms with Crippen molar-refractivity contribution in [3.8, 4) is 0 Å². The highest BCUT2D eigenvalue weighted by Gasteiger charge is 2.29. The molecule has 100 valence electrons. The maximum absolute atomic E-state index is 6.08. The van der Waals surface area contributed by atoms with Crippen LogP contribution in [-0.4, -0.2) is 41.6 Å². The molecule has 0 spiro atoms. The van der Waals surface area contributed by atoms with E-state index in [0.29, 0.717) is 6.04 Å². The third-order valence-electron chi connectivity index (χ3n) is 4.43. The second kappa shape index (κ2) is 7.01. The predicted molar refractivity (Wildman–Crippen MR) is 77.5 cm³/mol. The van der Waals surface area contributed by atoms with Crippen molar-refractivity contribution in [1.82, 2.24) is 4.90 Å². The van der Waals surface area contributed by atoms with Crippen LogP contribution in [0.3, 0.4) is 0 Å². The first-order valence-electron chi connectivity index (χ1n) is 7.37. The van der Waals surface area contributed by atoms with Crippen LogP contribution in [0.1, 0.15) is 45.4 Å². The van der Waals surface area contributed by atoms with Crippen molar-refractivity contribution < 1.29 is 0 Å². The first-order valence-corrected chi connectivity index (χ1v) is 8.42. The summed E-state index contributed by atoms with van der Waals surface area (Å²) in [7, 11) is 0. The Morgan fingerprint density at radius 1 is 1.24 bits per heavy atom.